The predicted octanol–water partition coefficient (Wildman–Crippen LogP) is 4.86. The average molecular weight is 492 g/mol. The highest BCUT2D eigenvalue weighted by atomic mass is 19.4. The van der Waals surface area contributed by atoms with Crippen molar-refractivity contribution >= 4 is 6.16 Å². The van der Waals surface area contributed by atoms with Gasteiger partial charge in [-0.15, -0.1) is 0 Å². The molecule has 0 saturated carbocycles. The summed E-state index contributed by atoms with van der Waals surface area (Å²) in [4.78, 5) is 20.3. The zero-order valence-corrected chi connectivity index (χ0v) is 17.3. The number of hydrogen-bond donors (Lipinski definition) is 0. The molecule has 0 bridgehead atoms. The minimum atomic E-state index is -5.21. The van der Waals surface area contributed by atoms with E-state index in [9.17, 15) is 31.1 Å². The molecule has 4 atom stereocenters. The van der Waals surface area contributed by atoms with E-state index in [0.717, 1.165) is 0 Å². The molecule has 0 N–H and O–H groups in total. The Hall–Kier alpha value is -2.93. The van der Waals surface area contributed by atoms with Crippen LogP contribution in [0, 0.1) is 0 Å². The first-order valence-corrected chi connectivity index (χ1v) is 10.1. The second kappa shape index (κ2) is 8.69. The van der Waals surface area contributed by atoms with Crippen LogP contribution in [0.15, 0.2) is 48.8 Å². The van der Waals surface area contributed by atoms with Gasteiger partial charge in [-0.25, -0.2) is 4.79 Å². The quantitative estimate of drug-likeness (QED) is 0.446. The normalized spacial score (nSPS) is 29.7. The first kappa shape index (κ1) is 24.2. The summed E-state index contributed by atoms with van der Waals surface area (Å²) in [6, 6.07) is 8.15. The highest BCUT2D eigenvalue weighted by Gasteiger charge is 2.70. The van der Waals surface area contributed by atoms with Gasteiger partial charge in [0.15, 0.2) is 0 Å². The minimum absolute atomic E-state index is 0.203. The highest BCUT2D eigenvalue weighted by molar-refractivity contribution is 5.62. The summed E-state index contributed by atoms with van der Waals surface area (Å²) in [6.45, 7) is -0.948. The van der Waals surface area contributed by atoms with Crippen LogP contribution in [0.4, 0.5) is 31.1 Å². The van der Waals surface area contributed by atoms with E-state index in [4.69, 9.17) is 9.47 Å². The Labute approximate surface area is 189 Å². The molecule has 0 radical (unpaired) electrons. The van der Waals surface area contributed by atoms with Gasteiger partial charge in [-0.2, -0.15) is 26.3 Å². The van der Waals surface area contributed by atoms with Crippen molar-refractivity contribution in [2.45, 2.75) is 48.6 Å². The second-order valence-electron chi connectivity index (χ2n) is 7.74. The van der Waals surface area contributed by atoms with Crippen LogP contribution >= 0.6 is 0 Å². The molecule has 2 aliphatic heterocycles. The summed E-state index contributed by atoms with van der Waals surface area (Å²) in [5.74, 6) is 0. The third-order valence-electron chi connectivity index (χ3n) is 5.77. The smallest absolute Gasteiger partial charge is 0.415 e. The van der Waals surface area contributed by atoms with Crippen LogP contribution in [0.5, 0.6) is 0 Å². The highest BCUT2D eigenvalue weighted by Crippen LogP contribution is 2.53. The van der Waals surface area contributed by atoms with E-state index >= 15 is 0 Å². The van der Waals surface area contributed by atoms with Gasteiger partial charge in [0.2, 0.25) is 11.2 Å². The molecule has 2 aromatic heterocycles. The lowest BCUT2D eigenvalue weighted by molar-refractivity contribution is -0.304. The molecule has 0 spiro atoms. The summed E-state index contributed by atoms with van der Waals surface area (Å²) in [5, 5.41) is 0. The van der Waals surface area contributed by atoms with E-state index < -0.39 is 68.0 Å². The second-order valence-corrected chi connectivity index (χ2v) is 7.74. The van der Waals surface area contributed by atoms with Crippen molar-refractivity contribution in [2.75, 3.05) is 13.2 Å². The number of rotatable bonds is 4. The van der Waals surface area contributed by atoms with Crippen LogP contribution in [-0.4, -0.2) is 52.9 Å². The molecule has 4 rings (SSSR count). The number of halogens is 6. The van der Waals surface area contributed by atoms with E-state index in [-0.39, 0.29) is 11.4 Å². The SMILES string of the molecule is O=C(OC1(C(F)(F)F)CCOC1c1ccccn1)OC1(C(F)(F)F)CCOC1c1ccccn1. The molecule has 7 nitrogen and oxygen atoms in total. The molecule has 0 aromatic carbocycles. The topological polar surface area (TPSA) is 79.8 Å². The van der Waals surface area contributed by atoms with Crippen molar-refractivity contribution in [2.24, 2.45) is 0 Å². The maximum absolute atomic E-state index is 14.2. The Bertz CT molecular complexity index is 927. The van der Waals surface area contributed by atoms with Gasteiger partial charge < -0.3 is 18.9 Å². The van der Waals surface area contributed by atoms with E-state index in [2.05, 4.69) is 19.4 Å². The third kappa shape index (κ3) is 4.06. The molecule has 13 heteroatoms. The van der Waals surface area contributed by atoms with Gasteiger partial charge in [-0.1, -0.05) is 12.1 Å². The number of pyridine rings is 2. The molecular weight excluding hydrogens is 474 g/mol. The van der Waals surface area contributed by atoms with E-state index in [1.54, 1.807) is 0 Å². The van der Waals surface area contributed by atoms with Crippen molar-refractivity contribution in [1.29, 1.82) is 0 Å². The van der Waals surface area contributed by atoms with Crippen molar-refractivity contribution in [3.63, 3.8) is 0 Å². The van der Waals surface area contributed by atoms with Crippen LogP contribution in [0.3, 0.4) is 0 Å². The number of hydrogen-bond acceptors (Lipinski definition) is 7. The van der Waals surface area contributed by atoms with Gasteiger partial charge >= 0.3 is 18.5 Å². The molecule has 34 heavy (non-hydrogen) atoms. The number of nitrogens with zero attached hydrogens (tertiary/aromatic N) is 2. The van der Waals surface area contributed by atoms with Crippen molar-refractivity contribution in [3.8, 4) is 0 Å². The molecule has 0 aliphatic carbocycles. The fourth-order valence-electron chi connectivity index (χ4n) is 4.12. The summed E-state index contributed by atoms with van der Waals surface area (Å²) in [6.07, 6.45) is -15.6. The van der Waals surface area contributed by atoms with Crippen LogP contribution in [0.2, 0.25) is 0 Å². The van der Waals surface area contributed by atoms with Crippen LogP contribution in [-0.2, 0) is 18.9 Å². The molecule has 2 saturated heterocycles. The molecule has 4 heterocycles. The van der Waals surface area contributed by atoms with E-state index in [0.29, 0.717) is 0 Å². The van der Waals surface area contributed by atoms with Crippen LogP contribution in [0.25, 0.3) is 0 Å². The Morgan fingerprint density at radius 2 is 1.21 bits per heavy atom. The predicted molar refractivity (Wildman–Crippen MR) is 100 cm³/mol. The molecule has 2 fully saturated rings. The maximum atomic E-state index is 14.2. The number of carbonyl (C=O) groups is 1. The summed E-state index contributed by atoms with van der Waals surface area (Å²) < 4.78 is 105. The minimum Gasteiger partial charge on any atom is -0.415 e. The van der Waals surface area contributed by atoms with Gasteiger partial charge in [0.25, 0.3) is 0 Å². The monoisotopic (exact) mass is 492 g/mol. The van der Waals surface area contributed by atoms with Gasteiger partial charge in [0.05, 0.1) is 24.6 Å². The first-order valence-electron chi connectivity index (χ1n) is 10.1. The van der Waals surface area contributed by atoms with E-state index in [1.165, 1.54) is 48.8 Å². The Morgan fingerprint density at radius 3 is 1.53 bits per heavy atom. The maximum Gasteiger partial charge on any atom is 0.510 e. The number of carbonyl (C=O) groups excluding carboxylic acids is 1. The molecule has 2 aliphatic rings. The number of alkyl halides is 6. The molecule has 2 aromatic rings. The fourth-order valence-corrected chi connectivity index (χ4v) is 4.12. The fraction of sp³-hybridized carbons (Fsp3) is 0.476. The molecule has 184 valence electrons. The van der Waals surface area contributed by atoms with E-state index in [1.807, 2.05) is 0 Å². The molecule has 4 unspecified atom stereocenters. The third-order valence-corrected chi connectivity index (χ3v) is 5.77. The van der Waals surface area contributed by atoms with Crippen LogP contribution in [0.1, 0.15) is 36.4 Å². The number of ether oxygens (including phenoxy) is 4. The lowest BCUT2D eigenvalue weighted by Crippen LogP contribution is -2.55. The van der Waals surface area contributed by atoms with Gasteiger partial charge in [-0.05, 0) is 24.3 Å². The summed E-state index contributed by atoms with van der Waals surface area (Å²) in [7, 11) is 0. The standard InChI is InChI=1S/C21H18F6N2O5/c22-20(23,24)18(7-11-31-15(18)13-5-1-3-9-28-13)33-17(30)34-19(21(25,26)27)8-12-32-16(19)14-6-2-4-10-29-14/h1-6,9-10,15-16H,7-8,11-12H2. The Balaban J connectivity index is 1.67. The van der Waals surface area contributed by atoms with Gasteiger partial charge in [0.1, 0.15) is 12.2 Å². The summed E-state index contributed by atoms with van der Waals surface area (Å²) >= 11 is 0. The number of aromatic nitrogens is 2. The van der Waals surface area contributed by atoms with Crippen molar-refractivity contribution in [1.82, 2.24) is 9.97 Å². The van der Waals surface area contributed by atoms with Gasteiger partial charge in [0, 0.05) is 25.2 Å². The molecular formula is C21H18F6N2O5. The average Bonchev–Trinajstić information content (AvgIpc) is 3.40. The Kier molecular flexibility index (Phi) is 6.19. The lowest BCUT2D eigenvalue weighted by Gasteiger charge is -2.38. The molecule has 0 amide bonds. The first-order chi connectivity index (χ1) is 16.0. The largest absolute Gasteiger partial charge is 0.510 e. The van der Waals surface area contributed by atoms with Crippen LogP contribution < -0.4 is 0 Å². The lowest BCUT2D eigenvalue weighted by atomic mass is 9.91. The summed E-state index contributed by atoms with van der Waals surface area (Å²) in [5.41, 5.74) is -7.01. The van der Waals surface area contributed by atoms with Gasteiger partial charge in [-0.3, -0.25) is 9.97 Å². The Morgan fingerprint density at radius 1 is 0.794 bits per heavy atom. The van der Waals surface area contributed by atoms with Crippen molar-refractivity contribution in [3.05, 3.63) is 60.2 Å². The zero-order valence-electron chi connectivity index (χ0n) is 17.3. The zero-order chi connectivity index (χ0) is 24.6. The van der Waals surface area contributed by atoms with Crippen molar-refractivity contribution < 1.29 is 50.1 Å².